The van der Waals surface area contributed by atoms with Crippen LogP contribution in [-0.2, 0) is 4.74 Å². The minimum atomic E-state index is -0.277. The molecular weight excluding hydrogens is 358 g/mol. The van der Waals surface area contributed by atoms with Crippen molar-refractivity contribution >= 4 is 17.8 Å². The number of aromatic nitrogens is 2. The second-order valence-corrected chi connectivity index (χ2v) is 7.49. The molecule has 1 aromatic rings. The molecule has 0 radical (unpaired) electrons. The lowest BCUT2D eigenvalue weighted by Gasteiger charge is -2.31. The maximum absolute atomic E-state index is 12.8. The van der Waals surface area contributed by atoms with Gasteiger partial charge in [0.15, 0.2) is 0 Å². The van der Waals surface area contributed by atoms with Gasteiger partial charge in [-0.3, -0.25) is 4.79 Å². The number of carbonyl (C=O) groups is 2. The van der Waals surface area contributed by atoms with Gasteiger partial charge in [-0.15, -0.1) is 0 Å². The Hall–Kier alpha value is -2.38. The number of hydrogen-bond donors (Lipinski definition) is 1. The lowest BCUT2D eigenvalue weighted by Crippen LogP contribution is -2.46. The third-order valence-electron chi connectivity index (χ3n) is 5.34. The lowest BCUT2D eigenvalue weighted by molar-refractivity contribution is 0.0856. The first-order valence-electron chi connectivity index (χ1n) is 10.4. The average molecular weight is 390 g/mol. The summed E-state index contributed by atoms with van der Waals surface area (Å²) >= 11 is 0. The van der Waals surface area contributed by atoms with Gasteiger partial charge in [0.25, 0.3) is 5.91 Å². The van der Waals surface area contributed by atoms with Crippen molar-refractivity contribution in [1.82, 2.24) is 20.2 Å². The van der Waals surface area contributed by atoms with Crippen molar-refractivity contribution in [2.45, 2.75) is 58.4 Å². The SMILES string of the molecule is CCOC(=O)N1CCC(NC(=O)c2cc(N3CCCCCC3)nc(C)n2)CC1. The molecule has 2 fully saturated rings. The number of likely N-dealkylation sites (tertiary alicyclic amines) is 1. The van der Waals surface area contributed by atoms with E-state index >= 15 is 0 Å². The quantitative estimate of drug-likeness (QED) is 0.851. The van der Waals surface area contributed by atoms with Crippen molar-refractivity contribution < 1.29 is 14.3 Å². The third-order valence-corrected chi connectivity index (χ3v) is 5.34. The van der Waals surface area contributed by atoms with Gasteiger partial charge < -0.3 is 19.9 Å². The van der Waals surface area contributed by atoms with E-state index in [1.54, 1.807) is 17.9 Å². The molecule has 2 saturated heterocycles. The summed E-state index contributed by atoms with van der Waals surface area (Å²) in [4.78, 5) is 37.4. The average Bonchev–Trinajstić information content (AvgIpc) is 2.98. The second-order valence-electron chi connectivity index (χ2n) is 7.49. The molecule has 0 saturated carbocycles. The Labute approximate surface area is 166 Å². The minimum Gasteiger partial charge on any atom is -0.450 e. The highest BCUT2D eigenvalue weighted by molar-refractivity contribution is 5.93. The van der Waals surface area contributed by atoms with Crippen molar-refractivity contribution in [3.05, 3.63) is 17.6 Å². The van der Waals surface area contributed by atoms with E-state index in [-0.39, 0.29) is 18.0 Å². The highest BCUT2D eigenvalue weighted by Crippen LogP contribution is 2.19. The lowest BCUT2D eigenvalue weighted by atomic mass is 10.1. The van der Waals surface area contributed by atoms with Gasteiger partial charge in [0.05, 0.1) is 6.61 Å². The molecule has 154 valence electrons. The first-order valence-corrected chi connectivity index (χ1v) is 10.4. The molecular formula is C20H31N5O3. The molecule has 2 aliphatic rings. The van der Waals surface area contributed by atoms with E-state index in [9.17, 15) is 9.59 Å². The standard InChI is InChI=1S/C20H31N5O3/c1-3-28-20(27)25-12-8-16(9-13-25)23-19(26)17-14-18(22-15(2)21-17)24-10-6-4-5-7-11-24/h14,16H,3-13H2,1-2H3,(H,23,26). The van der Waals surface area contributed by atoms with Gasteiger partial charge in [-0.2, -0.15) is 0 Å². The van der Waals surface area contributed by atoms with Gasteiger partial charge in [-0.25, -0.2) is 14.8 Å². The molecule has 3 heterocycles. The Balaban J connectivity index is 1.59. The molecule has 0 unspecified atom stereocenters. The Morgan fingerprint density at radius 1 is 1.11 bits per heavy atom. The van der Waals surface area contributed by atoms with Gasteiger partial charge >= 0.3 is 6.09 Å². The Morgan fingerprint density at radius 3 is 2.43 bits per heavy atom. The van der Waals surface area contributed by atoms with Crippen molar-refractivity contribution in [1.29, 1.82) is 0 Å². The first kappa shape index (κ1) is 20.4. The van der Waals surface area contributed by atoms with Crippen molar-refractivity contribution in [3.63, 3.8) is 0 Å². The summed E-state index contributed by atoms with van der Waals surface area (Å²) in [5.41, 5.74) is 0.416. The normalized spacial score (nSPS) is 18.5. The summed E-state index contributed by atoms with van der Waals surface area (Å²) in [6, 6.07) is 1.84. The fourth-order valence-electron chi connectivity index (χ4n) is 3.81. The second kappa shape index (κ2) is 9.71. The molecule has 0 atom stereocenters. The first-order chi connectivity index (χ1) is 13.6. The van der Waals surface area contributed by atoms with Crippen LogP contribution in [0.1, 0.15) is 61.8 Å². The van der Waals surface area contributed by atoms with Crippen LogP contribution < -0.4 is 10.2 Å². The van der Waals surface area contributed by atoms with E-state index in [4.69, 9.17) is 4.74 Å². The largest absolute Gasteiger partial charge is 0.450 e. The van der Waals surface area contributed by atoms with Crippen LogP contribution >= 0.6 is 0 Å². The van der Waals surface area contributed by atoms with Crippen LogP contribution in [0.2, 0.25) is 0 Å². The smallest absolute Gasteiger partial charge is 0.409 e. The van der Waals surface area contributed by atoms with E-state index in [2.05, 4.69) is 20.2 Å². The predicted molar refractivity (Wildman–Crippen MR) is 107 cm³/mol. The summed E-state index contributed by atoms with van der Waals surface area (Å²) in [5.74, 6) is 1.29. The van der Waals surface area contributed by atoms with Gasteiger partial charge in [-0.05, 0) is 39.5 Å². The van der Waals surface area contributed by atoms with Crippen LogP contribution in [0.3, 0.4) is 0 Å². The van der Waals surface area contributed by atoms with Crippen LogP contribution in [0, 0.1) is 6.92 Å². The predicted octanol–water partition coefficient (Wildman–Crippen LogP) is 2.52. The highest BCUT2D eigenvalue weighted by Gasteiger charge is 2.25. The molecule has 2 amide bonds. The van der Waals surface area contributed by atoms with Gasteiger partial charge in [-0.1, -0.05) is 12.8 Å². The molecule has 1 N–H and O–H groups in total. The molecule has 0 aromatic carbocycles. The number of piperidine rings is 1. The molecule has 0 spiro atoms. The van der Waals surface area contributed by atoms with E-state index in [0.717, 1.165) is 31.7 Å². The monoisotopic (exact) mass is 389 g/mol. The summed E-state index contributed by atoms with van der Waals surface area (Å²) in [7, 11) is 0. The number of aryl methyl sites for hydroxylation is 1. The van der Waals surface area contributed by atoms with Crippen molar-refractivity contribution in [2.75, 3.05) is 37.7 Å². The fraction of sp³-hybridized carbons (Fsp3) is 0.700. The highest BCUT2D eigenvalue weighted by atomic mass is 16.6. The number of ether oxygens (including phenoxy) is 1. The van der Waals surface area contributed by atoms with E-state index < -0.39 is 0 Å². The number of nitrogens with zero attached hydrogens (tertiary/aromatic N) is 4. The molecule has 1 aromatic heterocycles. The molecule has 8 nitrogen and oxygen atoms in total. The number of hydrogen-bond acceptors (Lipinski definition) is 6. The summed E-state index contributed by atoms with van der Waals surface area (Å²) in [6.07, 6.45) is 5.96. The van der Waals surface area contributed by atoms with Crippen LogP contribution in [-0.4, -0.2) is 65.7 Å². The summed E-state index contributed by atoms with van der Waals surface area (Å²) in [5, 5.41) is 3.07. The maximum Gasteiger partial charge on any atom is 0.409 e. The summed E-state index contributed by atoms with van der Waals surface area (Å²) in [6.45, 7) is 7.14. The van der Waals surface area contributed by atoms with Crippen LogP contribution in [0.15, 0.2) is 6.07 Å². The third kappa shape index (κ3) is 5.33. The number of amides is 2. The summed E-state index contributed by atoms with van der Waals surface area (Å²) < 4.78 is 5.04. The van der Waals surface area contributed by atoms with Gasteiger partial charge in [0.1, 0.15) is 17.3 Å². The van der Waals surface area contributed by atoms with Gasteiger partial charge in [0.2, 0.25) is 0 Å². The van der Waals surface area contributed by atoms with E-state index in [1.165, 1.54) is 12.8 Å². The Bertz CT molecular complexity index is 680. The molecule has 0 bridgehead atoms. The Kier molecular flexibility index (Phi) is 7.06. The fourth-order valence-corrected chi connectivity index (χ4v) is 3.81. The number of anilines is 1. The molecule has 28 heavy (non-hydrogen) atoms. The van der Waals surface area contributed by atoms with Gasteiger partial charge in [0, 0.05) is 38.3 Å². The number of nitrogens with one attached hydrogen (secondary N) is 1. The minimum absolute atomic E-state index is 0.0371. The zero-order valence-corrected chi connectivity index (χ0v) is 16.9. The Morgan fingerprint density at radius 2 is 1.79 bits per heavy atom. The van der Waals surface area contributed by atoms with E-state index in [0.29, 0.717) is 44.1 Å². The van der Waals surface area contributed by atoms with Crippen LogP contribution in [0.4, 0.5) is 10.6 Å². The van der Waals surface area contributed by atoms with E-state index in [1.807, 2.05) is 6.92 Å². The van der Waals surface area contributed by atoms with Crippen molar-refractivity contribution in [2.24, 2.45) is 0 Å². The maximum atomic E-state index is 12.8. The zero-order chi connectivity index (χ0) is 19.9. The molecule has 0 aliphatic carbocycles. The number of rotatable bonds is 4. The molecule has 3 rings (SSSR count). The molecule has 8 heteroatoms. The van der Waals surface area contributed by atoms with Crippen LogP contribution in [0.25, 0.3) is 0 Å². The van der Waals surface area contributed by atoms with Crippen molar-refractivity contribution in [3.8, 4) is 0 Å². The number of carbonyl (C=O) groups excluding carboxylic acids is 2. The topological polar surface area (TPSA) is 87.7 Å². The zero-order valence-electron chi connectivity index (χ0n) is 16.9. The van der Waals surface area contributed by atoms with Crippen LogP contribution in [0.5, 0.6) is 0 Å². The molecule has 2 aliphatic heterocycles.